The molecule has 3 atom stereocenters. The molecule has 1 aromatic carbocycles. The number of nitrogens with two attached hydrogens (primary N) is 1. The molecule has 0 aliphatic carbocycles. The molecular weight excluding hydrogens is 289 g/mol. The first-order valence-electron chi connectivity index (χ1n) is 6.00. The molecule has 3 unspecified atom stereocenters. The largest absolute Gasteiger partial charge is 0.326 e. The summed E-state index contributed by atoms with van der Waals surface area (Å²) >= 11 is 9.97. The highest BCUT2D eigenvalue weighted by molar-refractivity contribution is 8.07. The third-order valence-corrected chi connectivity index (χ3v) is 6.76. The van der Waals surface area contributed by atoms with E-state index in [9.17, 15) is 4.39 Å². The van der Waals surface area contributed by atoms with Gasteiger partial charge in [0.1, 0.15) is 5.82 Å². The van der Waals surface area contributed by atoms with Crippen molar-refractivity contribution in [3.63, 3.8) is 0 Å². The lowest BCUT2D eigenvalue weighted by Crippen LogP contribution is -2.42. The molecule has 1 aliphatic heterocycles. The highest BCUT2D eigenvalue weighted by Gasteiger charge is 2.28. The van der Waals surface area contributed by atoms with Gasteiger partial charge in [-0.25, -0.2) is 4.39 Å². The lowest BCUT2D eigenvalue weighted by Gasteiger charge is -2.32. The van der Waals surface area contributed by atoms with Crippen molar-refractivity contribution in [1.29, 1.82) is 0 Å². The average Bonchev–Trinajstić information content (AvgIpc) is 2.34. The Morgan fingerprint density at radius 3 is 2.89 bits per heavy atom. The number of hydrogen-bond donors (Lipinski definition) is 1. The van der Waals surface area contributed by atoms with Gasteiger partial charge in [-0.05, 0) is 30.2 Å². The van der Waals surface area contributed by atoms with Crippen LogP contribution in [0.25, 0.3) is 0 Å². The van der Waals surface area contributed by atoms with Crippen LogP contribution in [-0.4, -0.2) is 28.0 Å². The summed E-state index contributed by atoms with van der Waals surface area (Å²) in [6, 6.07) is 4.50. The van der Waals surface area contributed by atoms with Crippen LogP contribution in [0.4, 0.5) is 4.39 Å². The highest BCUT2D eigenvalue weighted by Crippen LogP contribution is 2.33. The third kappa shape index (κ3) is 3.56. The van der Waals surface area contributed by atoms with E-state index in [0.29, 0.717) is 21.9 Å². The van der Waals surface area contributed by atoms with Gasteiger partial charge in [-0.3, -0.25) is 0 Å². The second-order valence-electron chi connectivity index (χ2n) is 4.52. The van der Waals surface area contributed by atoms with Crippen LogP contribution in [0.5, 0.6) is 0 Å². The van der Waals surface area contributed by atoms with E-state index in [-0.39, 0.29) is 11.9 Å². The summed E-state index contributed by atoms with van der Waals surface area (Å²) in [6.45, 7) is 2.22. The van der Waals surface area contributed by atoms with Crippen molar-refractivity contribution in [2.45, 2.75) is 29.9 Å². The van der Waals surface area contributed by atoms with Gasteiger partial charge in [0.05, 0.1) is 0 Å². The fourth-order valence-electron chi connectivity index (χ4n) is 2.19. The van der Waals surface area contributed by atoms with Crippen molar-refractivity contribution in [3.05, 3.63) is 34.6 Å². The van der Waals surface area contributed by atoms with Crippen molar-refractivity contribution in [2.24, 2.45) is 5.73 Å². The summed E-state index contributed by atoms with van der Waals surface area (Å²) in [5.74, 6) is 2.08. The Morgan fingerprint density at radius 2 is 2.17 bits per heavy atom. The topological polar surface area (TPSA) is 26.0 Å². The van der Waals surface area contributed by atoms with Crippen LogP contribution in [0.3, 0.4) is 0 Å². The smallest absolute Gasteiger partial charge is 0.123 e. The second-order valence-corrected chi connectivity index (χ2v) is 7.69. The Bertz CT molecular complexity index is 416. The first kappa shape index (κ1) is 14.5. The zero-order chi connectivity index (χ0) is 13.1. The predicted molar refractivity (Wildman–Crippen MR) is 81.3 cm³/mol. The molecule has 0 aromatic heterocycles. The Kier molecular flexibility index (Phi) is 5.24. The SMILES string of the molecule is CC1SCCSC1C(N)Cc1cc(F)ccc1Cl. The van der Waals surface area contributed by atoms with Crippen molar-refractivity contribution in [3.8, 4) is 0 Å². The van der Waals surface area contributed by atoms with Crippen LogP contribution in [0.15, 0.2) is 18.2 Å². The minimum atomic E-state index is -0.250. The summed E-state index contributed by atoms with van der Waals surface area (Å²) in [7, 11) is 0. The van der Waals surface area contributed by atoms with Crippen LogP contribution in [-0.2, 0) is 6.42 Å². The Balaban J connectivity index is 2.05. The van der Waals surface area contributed by atoms with Crippen LogP contribution < -0.4 is 5.73 Å². The number of halogens is 2. The summed E-state index contributed by atoms with van der Waals surface area (Å²) < 4.78 is 13.2. The maximum Gasteiger partial charge on any atom is 0.123 e. The van der Waals surface area contributed by atoms with Gasteiger partial charge in [0.15, 0.2) is 0 Å². The van der Waals surface area contributed by atoms with Gasteiger partial charge in [-0.1, -0.05) is 18.5 Å². The fraction of sp³-hybridized carbons (Fsp3) is 0.538. The molecule has 0 saturated carbocycles. The molecule has 100 valence electrons. The summed E-state index contributed by atoms with van der Waals surface area (Å²) in [4.78, 5) is 0. The molecule has 18 heavy (non-hydrogen) atoms. The number of rotatable bonds is 3. The zero-order valence-corrected chi connectivity index (χ0v) is 12.6. The molecule has 1 aliphatic rings. The van der Waals surface area contributed by atoms with Crippen molar-refractivity contribution in [2.75, 3.05) is 11.5 Å². The van der Waals surface area contributed by atoms with E-state index < -0.39 is 0 Å². The standard InChI is InChI=1S/C13H17ClFNS2/c1-8-13(18-5-4-17-8)12(16)7-9-6-10(15)2-3-11(9)14/h2-3,6,8,12-13H,4-5,7,16H2,1H3. The minimum absolute atomic E-state index is 0.0251. The minimum Gasteiger partial charge on any atom is -0.326 e. The van der Waals surface area contributed by atoms with Crippen molar-refractivity contribution in [1.82, 2.24) is 0 Å². The molecule has 0 amide bonds. The summed E-state index contributed by atoms with van der Waals surface area (Å²) in [6.07, 6.45) is 0.638. The van der Waals surface area contributed by atoms with Crippen LogP contribution in [0, 0.1) is 5.82 Å². The average molecular weight is 306 g/mol. The molecule has 2 N–H and O–H groups in total. The lowest BCUT2D eigenvalue weighted by molar-refractivity contribution is 0.606. The predicted octanol–water partition coefficient (Wildman–Crippen LogP) is 3.59. The normalized spacial score (nSPS) is 26.0. The third-order valence-electron chi connectivity index (χ3n) is 3.12. The molecule has 1 aromatic rings. The van der Waals surface area contributed by atoms with Crippen LogP contribution >= 0.6 is 35.1 Å². The molecule has 0 spiro atoms. The summed E-state index contributed by atoms with van der Waals surface area (Å²) in [5, 5.41) is 1.57. The molecule has 1 nitrogen and oxygen atoms in total. The van der Waals surface area contributed by atoms with Gasteiger partial charge < -0.3 is 5.73 Å². The molecule has 5 heteroatoms. The molecule has 1 saturated heterocycles. The van der Waals surface area contributed by atoms with E-state index in [4.69, 9.17) is 17.3 Å². The molecular formula is C13H17ClFNS2. The second kappa shape index (κ2) is 6.51. The first-order chi connectivity index (χ1) is 8.58. The monoisotopic (exact) mass is 305 g/mol. The van der Waals surface area contributed by atoms with Crippen LogP contribution in [0.2, 0.25) is 5.02 Å². The van der Waals surface area contributed by atoms with Gasteiger partial charge in [0, 0.05) is 33.1 Å². The van der Waals surface area contributed by atoms with E-state index >= 15 is 0 Å². The van der Waals surface area contributed by atoms with Crippen molar-refractivity contribution < 1.29 is 4.39 Å². The van der Waals surface area contributed by atoms with Gasteiger partial charge in [-0.15, -0.1) is 0 Å². The fourth-order valence-corrected chi connectivity index (χ4v) is 5.28. The zero-order valence-electron chi connectivity index (χ0n) is 10.2. The van der Waals surface area contributed by atoms with E-state index in [1.54, 1.807) is 6.07 Å². The molecule has 0 radical (unpaired) electrons. The van der Waals surface area contributed by atoms with E-state index in [0.717, 1.165) is 11.3 Å². The number of benzene rings is 1. The first-order valence-corrected chi connectivity index (χ1v) is 8.48. The maximum absolute atomic E-state index is 13.2. The molecule has 2 rings (SSSR count). The molecule has 1 fully saturated rings. The van der Waals surface area contributed by atoms with Gasteiger partial charge in [0.2, 0.25) is 0 Å². The van der Waals surface area contributed by atoms with E-state index in [1.807, 2.05) is 23.5 Å². The van der Waals surface area contributed by atoms with Crippen LogP contribution in [0.1, 0.15) is 12.5 Å². The van der Waals surface area contributed by atoms with Crippen molar-refractivity contribution >= 4 is 35.1 Å². The quantitative estimate of drug-likeness (QED) is 0.924. The lowest BCUT2D eigenvalue weighted by atomic mass is 10.0. The van der Waals surface area contributed by atoms with E-state index in [2.05, 4.69) is 6.92 Å². The number of thioether (sulfide) groups is 2. The molecule has 1 heterocycles. The summed E-state index contributed by atoms with van der Waals surface area (Å²) in [5.41, 5.74) is 7.09. The molecule has 0 bridgehead atoms. The maximum atomic E-state index is 13.2. The Hall–Kier alpha value is 0.1000. The highest BCUT2D eigenvalue weighted by atomic mass is 35.5. The Morgan fingerprint density at radius 1 is 1.44 bits per heavy atom. The van der Waals surface area contributed by atoms with Gasteiger partial charge in [0.25, 0.3) is 0 Å². The van der Waals surface area contributed by atoms with Gasteiger partial charge in [-0.2, -0.15) is 23.5 Å². The Labute approximate surface area is 121 Å². The van der Waals surface area contributed by atoms with E-state index in [1.165, 1.54) is 17.9 Å². The number of hydrogen-bond acceptors (Lipinski definition) is 3. The van der Waals surface area contributed by atoms with Gasteiger partial charge >= 0.3 is 0 Å².